The molecule has 0 fully saturated rings. The minimum absolute atomic E-state index is 0.247. The van der Waals surface area contributed by atoms with Crippen molar-refractivity contribution in [3.8, 4) is 0 Å². The highest BCUT2D eigenvalue weighted by Crippen LogP contribution is 2.48. The second-order valence-electron chi connectivity index (χ2n) is 7.52. The van der Waals surface area contributed by atoms with Crippen LogP contribution in [0.5, 0.6) is 0 Å². The Morgan fingerprint density at radius 3 is 1.42 bits per heavy atom. The molecule has 0 spiro atoms. The van der Waals surface area contributed by atoms with Crippen LogP contribution in [-0.4, -0.2) is 12.4 Å². The first-order chi connectivity index (χ1) is 15.4. The van der Waals surface area contributed by atoms with Gasteiger partial charge in [0.15, 0.2) is 0 Å². The Morgan fingerprint density at radius 2 is 0.968 bits per heavy atom. The third kappa shape index (κ3) is 5.28. The summed E-state index contributed by atoms with van der Waals surface area (Å²) in [6.45, 7) is 1.43. The van der Waals surface area contributed by atoms with Crippen molar-refractivity contribution in [2.75, 3.05) is 12.4 Å². The molecule has 4 aromatic rings. The number of hydrogen-bond donors (Lipinski definition) is 0. The van der Waals surface area contributed by atoms with Gasteiger partial charge in [-0.2, -0.15) is 0 Å². The lowest BCUT2D eigenvalue weighted by Gasteiger charge is -2.35. The van der Waals surface area contributed by atoms with Crippen LogP contribution in [0.4, 0.5) is 0 Å². The molecule has 4 aromatic carbocycles. The van der Waals surface area contributed by atoms with E-state index < -0.39 is 0 Å². The van der Waals surface area contributed by atoms with Crippen molar-refractivity contribution in [3.05, 3.63) is 144 Å². The van der Waals surface area contributed by atoms with Crippen molar-refractivity contribution in [1.29, 1.82) is 0 Å². The minimum Gasteiger partial charge on any atom is -0.377 e. The number of ether oxygens (including phenoxy) is 1. The maximum absolute atomic E-state index is 5.94. The van der Waals surface area contributed by atoms with Crippen molar-refractivity contribution < 1.29 is 4.74 Å². The lowest BCUT2D eigenvalue weighted by molar-refractivity contribution is 0.122. The Kier molecular flexibility index (Phi) is 7.60. The largest absolute Gasteiger partial charge is 0.377 e. The molecule has 156 valence electrons. The molecular formula is C29H28OS. The van der Waals surface area contributed by atoms with Crippen LogP contribution < -0.4 is 0 Å². The summed E-state index contributed by atoms with van der Waals surface area (Å²) in [4.78, 5) is 0. The van der Waals surface area contributed by atoms with Gasteiger partial charge in [-0.1, -0.05) is 121 Å². The first-order valence-corrected chi connectivity index (χ1v) is 11.8. The zero-order chi connectivity index (χ0) is 21.2. The van der Waals surface area contributed by atoms with E-state index >= 15 is 0 Å². The van der Waals surface area contributed by atoms with E-state index in [1.54, 1.807) is 0 Å². The molecule has 2 heteroatoms. The van der Waals surface area contributed by atoms with Gasteiger partial charge >= 0.3 is 0 Å². The molecule has 0 saturated heterocycles. The number of hydrogen-bond acceptors (Lipinski definition) is 2. The van der Waals surface area contributed by atoms with Gasteiger partial charge in [0.1, 0.15) is 0 Å². The molecule has 0 aliphatic rings. The van der Waals surface area contributed by atoms with Gasteiger partial charge in [-0.3, -0.25) is 0 Å². The summed E-state index contributed by atoms with van der Waals surface area (Å²) < 4.78 is 5.69. The molecule has 1 nitrogen and oxygen atoms in total. The van der Waals surface area contributed by atoms with Crippen LogP contribution in [0.2, 0.25) is 0 Å². The van der Waals surface area contributed by atoms with E-state index in [2.05, 4.69) is 115 Å². The van der Waals surface area contributed by atoms with Crippen molar-refractivity contribution >= 4 is 11.8 Å². The van der Waals surface area contributed by atoms with Crippen LogP contribution in [-0.2, 0) is 16.1 Å². The molecule has 0 aromatic heterocycles. The van der Waals surface area contributed by atoms with Gasteiger partial charge in [0.2, 0.25) is 0 Å². The highest BCUT2D eigenvalue weighted by atomic mass is 32.2. The average Bonchev–Trinajstić information content (AvgIpc) is 2.86. The summed E-state index contributed by atoms with van der Waals surface area (Å²) in [5.41, 5.74) is 5.15. The molecule has 0 aliphatic heterocycles. The van der Waals surface area contributed by atoms with E-state index in [0.717, 1.165) is 18.8 Å². The third-order valence-corrected chi connectivity index (χ3v) is 7.04. The van der Waals surface area contributed by atoms with Crippen molar-refractivity contribution in [2.24, 2.45) is 0 Å². The topological polar surface area (TPSA) is 9.23 Å². The smallest absolute Gasteiger partial charge is 0.0906 e. The van der Waals surface area contributed by atoms with Gasteiger partial charge in [0.05, 0.1) is 11.4 Å². The lowest BCUT2D eigenvalue weighted by atomic mass is 9.84. The highest BCUT2D eigenvalue weighted by Gasteiger charge is 2.36. The second-order valence-corrected chi connectivity index (χ2v) is 8.83. The van der Waals surface area contributed by atoms with Crippen LogP contribution in [0.3, 0.4) is 0 Å². The molecule has 0 heterocycles. The molecule has 0 radical (unpaired) electrons. The van der Waals surface area contributed by atoms with Crippen LogP contribution in [0.15, 0.2) is 121 Å². The van der Waals surface area contributed by atoms with E-state index in [1.807, 2.05) is 17.8 Å². The van der Waals surface area contributed by atoms with E-state index in [-0.39, 0.29) is 4.75 Å². The molecule has 0 atom stereocenters. The van der Waals surface area contributed by atoms with E-state index in [4.69, 9.17) is 4.74 Å². The van der Waals surface area contributed by atoms with Crippen LogP contribution in [0, 0.1) is 0 Å². The van der Waals surface area contributed by atoms with Crippen LogP contribution in [0.25, 0.3) is 0 Å². The lowest BCUT2D eigenvalue weighted by Crippen LogP contribution is -2.26. The predicted octanol–water partition coefficient (Wildman–Crippen LogP) is 7.32. The average molecular weight is 425 g/mol. The van der Waals surface area contributed by atoms with Gasteiger partial charge in [0.25, 0.3) is 0 Å². The molecule has 0 N–H and O–H groups in total. The zero-order valence-corrected chi connectivity index (χ0v) is 18.5. The van der Waals surface area contributed by atoms with Gasteiger partial charge in [0, 0.05) is 6.61 Å². The van der Waals surface area contributed by atoms with Crippen molar-refractivity contribution in [2.45, 2.75) is 17.8 Å². The van der Waals surface area contributed by atoms with Crippen molar-refractivity contribution in [1.82, 2.24) is 0 Å². The minimum atomic E-state index is -0.247. The molecular weight excluding hydrogens is 396 g/mol. The quantitative estimate of drug-likeness (QED) is 0.195. The summed E-state index contributed by atoms with van der Waals surface area (Å²) >= 11 is 1.99. The summed E-state index contributed by atoms with van der Waals surface area (Å²) in [7, 11) is 0. The molecule has 0 bridgehead atoms. The van der Waals surface area contributed by atoms with Gasteiger partial charge < -0.3 is 4.74 Å². The summed E-state index contributed by atoms with van der Waals surface area (Å²) in [5, 5.41) is 0. The second kappa shape index (κ2) is 11.0. The summed E-state index contributed by atoms with van der Waals surface area (Å²) in [5.74, 6) is 1.01. The molecule has 4 rings (SSSR count). The Labute approximate surface area is 190 Å². The van der Waals surface area contributed by atoms with Gasteiger partial charge in [-0.15, -0.1) is 11.8 Å². The Bertz CT molecular complexity index is 921. The molecule has 0 saturated carbocycles. The maximum atomic E-state index is 5.94. The zero-order valence-electron chi connectivity index (χ0n) is 17.7. The predicted molar refractivity (Wildman–Crippen MR) is 132 cm³/mol. The maximum Gasteiger partial charge on any atom is 0.0906 e. The molecule has 0 unspecified atom stereocenters. The Morgan fingerprint density at radius 1 is 0.548 bits per heavy atom. The Balaban J connectivity index is 1.54. The molecule has 31 heavy (non-hydrogen) atoms. The highest BCUT2D eigenvalue weighted by molar-refractivity contribution is 8.00. The van der Waals surface area contributed by atoms with Crippen LogP contribution in [0.1, 0.15) is 28.7 Å². The molecule has 0 aliphatic carbocycles. The number of rotatable bonds is 10. The summed E-state index contributed by atoms with van der Waals surface area (Å²) in [6.07, 6.45) is 1.01. The van der Waals surface area contributed by atoms with Gasteiger partial charge in [-0.05, 0) is 34.4 Å². The van der Waals surface area contributed by atoms with Gasteiger partial charge in [-0.25, -0.2) is 0 Å². The van der Waals surface area contributed by atoms with E-state index in [0.29, 0.717) is 6.61 Å². The van der Waals surface area contributed by atoms with E-state index in [1.165, 1.54) is 22.3 Å². The number of thioether (sulfide) groups is 1. The first kappa shape index (κ1) is 21.4. The fourth-order valence-corrected chi connectivity index (χ4v) is 5.40. The monoisotopic (exact) mass is 424 g/mol. The normalized spacial score (nSPS) is 11.4. The summed E-state index contributed by atoms with van der Waals surface area (Å²) in [6, 6.07) is 43.0. The van der Waals surface area contributed by atoms with E-state index in [9.17, 15) is 0 Å². The standard InChI is InChI=1S/C29H28OS/c1-5-14-25(15-6-1)24-30-22-13-23-31-29(26-16-7-2-8-17-26,27-18-9-3-10-19-27)28-20-11-4-12-21-28/h1-12,14-21H,13,22-24H2. The number of benzene rings is 4. The Hall–Kier alpha value is -2.81. The SMILES string of the molecule is c1ccc(COCCCSC(c2ccccc2)(c2ccccc2)c2ccccc2)cc1. The fraction of sp³-hybridized carbons (Fsp3) is 0.172. The first-order valence-electron chi connectivity index (χ1n) is 10.8. The van der Waals surface area contributed by atoms with Crippen molar-refractivity contribution in [3.63, 3.8) is 0 Å². The molecule has 0 amide bonds. The third-order valence-electron chi connectivity index (χ3n) is 5.40. The fourth-order valence-electron chi connectivity index (χ4n) is 3.92. The van der Waals surface area contributed by atoms with Crippen LogP contribution >= 0.6 is 11.8 Å².